The van der Waals surface area contributed by atoms with Gasteiger partial charge < -0.3 is 14.5 Å². The van der Waals surface area contributed by atoms with Gasteiger partial charge in [0, 0.05) is 44.1 Å². The number of hydrogen-bond donors (Lipinski definition) is 0. The minimum atomic E-state index is 0.171. The number of morpholine rings is 1. The first-order valence-electron chi connectivity index (χ1n) is 8.47. The van der Waals surface area contributed by atoms with E-state index in [4.69, 9.17) is 4.74 Å². The van der Waals surface area contributed by atoms with Crippen LogP contribution in [0.15, 0.2) is 16.8 Å². The number of fused-ring (bicyclic) bond motifs is 1. The average molecular weight is 337 g/mol. The quantitative estimate of drug-likeness (QED) is 0.836. The van der Waals surface area contributed by atoms with Crippen LogP contribution >= 0.6 is 11.3 Å². The molecule has 0 spiro atoms. The fourth-order valence-corrected chi connectivity index (χ4v) is 4.17. The van der Waals surface area contributed by atoms with E-state index in [0.29, 0.717) is 6.04 Å². The summed E-state index contributed by atoms with van der Waals surface area (Å²) in [5.41, 5.74) is 0.824. The molecule has 0 N–H and O–H groups in total. The van der Waals surface area contributed by atoms with Gasteiger partial charge in [0.05, 0.1) is 18.3 Å². The third kappa shape index (κ3) is 4.12. The summed E-state index contributed by atoms with van der Waals surface area (Å²) < 4.78 is 6.03. The Hall–Kier alpha value is -0.950. The predicted octanol–water partition coefficient (Wildman–Crippen LogP) is 1.62. The molecule has 0 saturated carbocycles. The second-order valence-electron chi connectivity index (χ2n) is 6.70. The minimum Gasteiger partial charge on any atom is -0.375 e. The van der Waals surface area contributed by atoms with Gasteiger partial charge >= 0.3 is 0 Å². The summed E-state index contributed by atoms with van der Waals surface area (Å²) in [4.78, 5) is 19.4. The summed E-state index contributed by atoms with van der Waals surface area (Å²) in [6.45, 7) is 5.60. The summed E-state index contributed by atoms with van der Waals surface area (Å²) in [5.74, 6) is 0.171. The molecule has 1 aromatic heterocycles. The Bertz CT molecular complexity index is 506. The monoisotopic (exact) mass is 337 g/mol. The van der Waals surface area contributed by atoms with E-state index >= 15 is 0 Å². The first kappa shape index (κ1) is 16.9. The molecule has 2 saturated heterocycles. The lowest BCUT2D eigenvalue weighted by atomic mass is 10.0. The van der Waals surface area contributed by atoms with Crippen LogP contribution in [0.2, 0.25) is 0 Å². The van der Waals surface area contributed by atoms with Crippen LogP contribution < -0.4 is 0 Å². The number of amides is 1. The number of nitrogens with zero attached hydrogens (tertiary/aromatic N) is 3. The molecule has 3 heterocycles. The number of carbonyl (C=O) groups is 1. The predicted molar refractivity (Wildman–Crippen MR) is 93.1 cm³/mol. The largest absolute Gasteiger partial charge is 0.375 e. The van der Waals surface area contributed by atoms with Crippen molar-refractivity contribution in [2.45, 2.75) is 25.0 Å². The van der Waals surface area contributed by atoms with E-state index in [1.807, 2.05) is 21.7 Å². The van der Waals surface area contributed by atoms with Gasteiger partial charge in [-0.05, 0) is 38.4 Å². The summed E-state index contributed by atoms with van der Waals surface area (Å²) in [6.07, 6.45) is 2.22. The van der Waals surface area contributed by atoms with Crippen LogP contribution in [-0.2, 0) is 4.74 Å². The van der Waals surface area contributed by atoms with Crippen molar-refractivity contribution in [1.82, 2.24) is 14.7 Å². The van der Waals surface area contributed by atoms with Crippen molar-refractivity contribution in [3.63, 3.8) is 0 Å². The van der Waals surface area contributed by atoms with Crippen LogP contribution in [0.1, 0.15) is 23.2 Å². The highest BCUT2D eigenvalue weighted by molar-refractivity contribution is 7.08. The zero-order valence-corrected chi connectivity index (χ0v) is 14.9. The second kappa shape index (κ2) is 7.75. The van der Waals surface area contributed by atoms with E-state index in [1.165, 1.54) is 0 Å². The molecule has 2 atom stereocenters. The van der Waals surface area contributed by atoms with Crippen molar-refractivity contribution in [3.05, 3.63) is 22.4 Å². The lowest BCUT2D eigenvalue weighted by Crippen LogP contribution is -2.52. The number of ether oxygens (including phenoxy) is 1. The van der Waals surface area contributed by atoms with Gasteiger partial charge in [-0.15, -0.1) is 0 Å². The molecule has 23 heavy (non-hydrogen) atoms. The van der Waals surface area contributed by atoms with Crippen molar-refractivity contribution in [1.29, 1.82) is 0 Å². The molecule has 0 aromatic carbocycles. The van der Waals surface area contributed by atoms with E-state index in [0.717, 1.165) is 57.7 Å². The Morgan fingerprint density at radius 1 is 1.35 bits per heavy atom. The topological polar surface area (TPSA) is 36.0 Å². The molecule has 2 fully saturated rings. The molecule has 6 heteroatoms. The third-order valence-electron chi connectivity index (χ3n) is 4.88. The maximum atomic E-state index is 12.6. The molecule has 0 radical (unpaired) electrons. The van der Waals surface area contributed by atoms with Crippen LogP contribution in [0.5, 0.6) is 0 Å². The normalized spacial score (nSPS) is 26.1. The molecule has 2 aliphatic rings. The smallest absolute Gasteiger partial charge is 0.254 e. The van der Waals surface area contributed by atoms with Crippen molar-refractivity contribution >= 4 is 17.2 Å². The summed E-state index contributed by atoms with van der Waals surface area (Å²) >= 11 is 1.58. The lowest BCUT2D eigenvalue weighted by molar-refractivity contribution is -0.0724. The van der Waals surface area contributed by atoms with Crippen molar-refractivity contribution in [2.24, 2.45) is 0 Å². The lowest BCUT2D eigenvalue weighted by Gasteiger charge is -2.40. The van der Waals surface area contributed by atoms with Gasteiger partial charge in [0.25, 0.3) is 5.91 Å². The minimum absolute atomic E-state index is 0.171. The zero-order chi connectivity index (χ0) is 16.2. The molecule has 1 aromatic rings. The molecule has 5 nitrogen and oxygen atoms in total. The van der Waals surface area contributed by atoms with Crippen molar-refractivity contribution in [2.75, 3.05) is 53.4 Å². The summed E-state index contributed by atoms with van der Waals surface area (Å²) in [6, 6.07) is 2.37. The van der Waals surface area contributed by atoms with E-state index in [2.05, 4.69) is 23.9 Å². The highest BCUT2D eigenvalue weighted by Gasteiger charge is 2.35. The Kier molecular flexibility index (Phi) is 5.69. The first-order valence-corrected chi connectivity index (χ1v) is 9.41. The van der Waals surface area contributed by atoms with Gasteiger partial charge in [-0.1, -0.05) is 0 Å². The maximum Gasteiger partial charge on any atom is 0.254 e. The molecule has 128 valence electrons. The Balaban J connectivity index is 1.63. The third-order valence-corrected chi connectivity index (χ3v) is 5.56. The van der Waals surface area contributed by atoms with Crippen LogP contribution in [0.25, 0.3) is 0 Å². The molecule has 1 amide bonds. The second-order valence-corrected chi connectivity index (χ2v) is 7.48. The van der Waals surface area contributed by atoms with Gasteiger partial charge in [-0.3, -0.25) is 9.69 Å². The van der Waals surface area contributed by atoms with Gasteiger partial charge in [-0.2, -0.15) is 11.3 Å². The van der Waals surface area contributed by atoms with Crippen LogP contribution in [-0.4, -0.2) is 86.2 Å². The number of carbonyl (C=O) groups excluding carboxylic acids is 1. The number of rotatable bonds is 4. The number of likely N-dealkylation sites (tertiary alicyclic amines) is 1. The van der Waals surface area contributed by atoms with Crippen LogP contribution in [0.3, 0.4) is 0 Å². The average Bonchev–Trinajstić information content (AvgIpc) is 2.99. The Morgan fingerprint density at radius 3 is 2.91 bits per heavy atom. The SMILES string of the molecule is CN(C)CCN1CCOC2CCN(C(=O)c3ccsc3)CCC21. The van der Waals surface area contributed by atoms with Gasteiger partial charge in [0.1, 0.15) is 0 Å². The first-order chi connectivity index (χ1) is 11.1. The van der Waals surface area contributed by atoms with Crippen LogP contribution in [0, 0.1) is 0 Å². The molecule has 2 aliphatic heterocycles. The number of thiophene rings is 1. The molecule has 3 rings (SSSR count). The maximum absolute atomic E-state index is 12.6. The van der Waals surface area contributed by atoms with E-state index < -0.39 is 0 Å². The highest BCUT2D eigenvalue weighted by atomic mass is 32.1. The van der Waals surface area contributed by atoms with E-state index in [1.54, 1.807) is 11.3 Å². The number of likely N-dealkylation sites (N-methyl/N-ethyl adjacent to an activating group) is 1. The molecular weight excluding hydrogens is 310 g/mol. The molecule has 0 aliphatic carbocycles. The van der Waals surface area contributed by atoms with Gasteiger partial charge in [0.2, 0.25) is 0 Å². The van der Waals surface area contributed by atoms with Gasteiger partial charge in [-0.25, -0.2) is 0 Å². The highest BCUT2D eigenvalue weighted by Crippen LogP contribution is 2.24. The Labute approximate surface area is 142 Å². The van der Waals surface area contributed by atoms with Gasteiger partial charge in [0.15, 0.2) is 0 Å². The molecule has 2 unspecified atom stereocenters. The fourth-order valence-electron chi connectivity index (χ4n) is 3.54. The van der Waals surface area contributed by atoms with E-state index in [9.17, 15) is 4.79 Å². The van der Waals surface area contributed by atoms with E-state index in [-0.39, 0.29) is 12.0 Å². The zero-order valence-electron chi connectivity index (χ0n) is 14.1. The Morgan fingerprint density at radius 2 is 2.17 bits per heavy atom. The number of hydrogen-bond acceptors (Lipinski definition) is 5. The summed E-state index contributed by atoms with van der Waals surface area (Å²) in [7, 11) is 4.23. The standard InChI is InChI=1S/C17H27N3O2S/c1-18(2)8-9-19-10-11-22-16-4-7-20(6-3-15(16)19)17(21)14-5-12-23-13-14/h5,12-13,15-16H,3-4,6-11H2,1-2H3. The fraction of sp³-hybridized carbons (Fsp3) is 0.706. The van der Waals surface area contributed by atoms with Crippen molar-refractivity contribution in [3.8, 4) is 0 Å². The van der Waals surface area contributed by atoms with Crippen molar-refractivity contribution < 1.29 is 9.53 Å². The molecule has 0 bridgehead atoms. The molecular formula is C17H27N3O2S. The van der Waals surface area contributed by atoms with Crippen LogP contribution in [0.4, 0.5) is 0 Å². The summed E-state index contributed by atoms with van der Waals surface area (Å²) in [5, 5.41) is 3.91.